The molecule has 1 aliphatic heterocycles. The van der Waals surface area contributed by atoms with Gasteiger partial charge in [-0.1, -0.05) is 64.7 Å². The van der Waals surface area contributed by atoms with Crippen LogP contribution in [0, 0.1) is 0 Å². The number of hydrogen-bond acceptors (Lipinski definition) is 2. The fourth-order valence-electron chi connectivity index (χ4n) is 2.65. The van der Waals surface area contributed by atoms with Crippen LogP contribution in [0.5, 0.6) is 0 Å². The molecule has 1 rings (SSSR count). The van der Waals surface area contributed by atoms with Crippen molar-refractivity contribution in [2.45, 2.75) is 71.1 Å². The maximum Gasteiger partial charge on any atom is 0.0594 e. The lowest BCUT2D eigenvalue weighted by Gasteiger charge is -2.26. The van der Waals surface area contributed by atoms with Gasteiger partial charge in [0.15, 0.2) is 0 Å². The summed E-state index contributed by atoms with van der Waals surface area (Å²) in [6.07, 6.45) is 14.3. The first kappa shape index (κ1) is 18.9. The Morgan fingerprint density at radius 3 is 1.74 bits per heavy atom. The SMILES string of the molecule is CCCCCCCCCCCCN1CCOCC1.O. The topological polar surface area (TPSA) is 44.0 Å². The summed E-state index contributed by atoms with van der Waals surface area (Å²) in [4.78, 5) is 2.55. The van der Waals surface area contributed by atoms with E-state index in [9.17, 15) is 0 Å². The molecular weight excluding hydrogens is 238 g/mol. The third kappa shape index (κ3) is 11.4. The Kier molecular flexibility index (Phi) is 14.2. The van der Waals surface area contributed by atoms with Crippen LogP contribution in [-0.4, -0.2) is 43.2 Å². The molecule has 0 radical (unpaired) electrons. The Hall–Kier alpha value is -0.120. The largest absolute Gasteiger partial charge is 0.412 e. The normalized spacial score (nSPS) is 16.3. The van der Waals surface area contributed by atoms with Crippen LogP contribution in [0.2, 0.25) is 0 Å². The highest BCUT2D eigenvalue weighted by Gasteiger charge is 2.08. The van der Waals surface area contributed by atoms with Crippen LogP contribution in [0.15, 0.2) is 0 Å². The molecule has 3 nitrogen and oxygen atoms in total. The highest BCUT2D eigenvalue weighted by atomic mass is 16.5. The highest BCUT2D eigenvalue weighted by molar-refractivity contribution is 4.61. The molecule has 0 bridgehead atoms. The molecular formula is C16H35NO2. The van der Waals surface area contributed by atoms with Gasteiger partial charge in [-0.25, -0.2) is 0 Å². The van der Waals surface area contributed by atoms with Gasteiger partial charge in [0.05, 0.1) is 13.2 Å². The minimum Gasteiger partial charge on any atom is -0.412 e. The van der Waals surface area contributed by atoms with Crippen molar-refractivity contribution in [2.75, 3.05) is 32.8 Å². The third-order valence-corrected chi connectivity index (χ3v) is 3.93. The molecule has 0 saturated carbocycles. The van der Waals surface area contributed by atoms with E-state index in [0.29, 0.717) is 0 Å². The quantitative estimate of drug-likeness (QED) is 0.541. The lowest BCUT2D eigenvalue weighted by molar-refractivity contribution is 0.0371. The molecule has 3 heteroatoms. The van der Waals surface area contributed by atoms with Crippen molar-refractivity contribution in [3.63, 3.8) is 0 Å². The summed E-state index contributed by atoms with van der Waals surface area (Å²) in [6, 6.07) is 0. The summed E-state index contributed by atoms with van der Waals surface area (Å²) in [5.74, 6) is 0. The van der Waals surface area contributed by atoms with E-state index in [1.54, 1.807) is 0 Å². The van der Waals surface area contributed by atoms with Gasteiger partial charge in [0.2, 0.25) is 0 Å². The number of hydrogen-bond donors (Lipinski definition) is 0. The average Bonchev–Trinajstić information content (AvgIpc) is 2.42. The molecule has 0 aromatic heterocycles. The molecule has 0 aromatic carbocycles. The second kappa shape index (κ2) is 14.3. The average molecular weight is 273 g/mol. The molecule has 0 amide bonds. The lowest BCUT2D eigenvalue weighted by Crippen LogP contribution is -2.36. The van der Waals surface area contributed by atoms with Gasteiger partial charge in [0.25, 0.3) is 0 Å². The van der Waals surface area contributed by atoms with Crippen LogP contribution < -0.4 is 0 Å². The molecule has 1 heterocycles. The van der Waals surface area contributed by atoms with Gasteiger partial charge < -0.3 is 10.2 Å². The Balaban J connectivity index is 0.00000324. The molecule has 1 aliphatic rings. The molecule has 19 heavy (non-hydrogen) atoms. The van der Waals surface area contributed by atoms with E-state index < -0.39 is 0 Å². The molecule has 0 spiro atoms. The second-order valence-electron chi connectivity index (χ2n) is 5.64. The van der Waals surface area contributed by atoms with E-state index in [1.807, 2.05) is 0 Å². The molecule has 2 N–H and O–H groups in total. The maximum absolute atomic E-state index is 5.36. The highest BCUT2D eigenvalue weighted by Crippen LogP contribution is 2.11. The molecule has 0 aliphatic carbocycles. The van der Waals surface area contributed by atoms with Crippen LogP contribution in [0.3, 0.4) is 0 Å². The number of unbranched alkanes of at least 4 members (excludes halogenated alkanes) is 9. The lowest BCUT2D eigenvalue weighted by atomic mass is 10.1. The predicted octanol–water partition coefficient (Wildman–Crippen LogP) is 3.41. The van der Waals surface area contributed by atoms with Crippen molar-refractivity contribution in [1.29, 1.82) is 0 Å². The number of nitrogens with zero attached hydrogens (tertiary/aromatic N) is 1. The van der Waals surface area contributed by atoms with E-state index in [0.717, 1.165) is 26.3 Å². The summed E-state index contributed by atoms with van der Waals surface area (Å²) < 4.78 is 5.36. The first-order valence-electron chi connectivity index (χ1n) is 8.23. The fraction of sp³-hybridized carbons (Fsp3) is 1.00. The molecule has 1 saturated heterocycles. The Bertz CT molecular complexity index is 170. The fourth-order valence-corrected chi connectivity index (χ4v) is 2.65. The predicted molar refractivity (Wildman–Crippen MR) is 82.7 cm³/mol. The van der Waals surface area contributed by atoms with E-state index in [4.69, 9.17) is 4.74 Å². The van der Waals surface area contributed by atoms with Crippen molar-refractivity contribution in [2.24, 2.45) is 0 Å². The van der Waals surface area contributed by atoms with Crippen LogP contribution in [0.1, 0.15) is 71.1 Å². The van der Waals surface area contributed by atoms with E-state index >= 15 is 0 Å². The Labute approximate surface area is 120 Å². The Morgan fingerprint density at radius 2 is 1.21 bits per heavy atom. The minimum atomic E-state index is 0. The molecule has 1 fully saturated rings. The van der Waals surface area contributed by atoms with E-state index in [-0.39, 0.29) is 5.48 Å². The minimum absolute atomic E-state index is 0. The first-order valence-corrected chi connectivity index (χ1v) is 8.23. The van der Waals surface area contributed by atoms with Crippen molar-refractivity contribution < 1.29 is 10.2 Å². The van der Waals surface area contributed by atoms with E-state index in [2.05, 4.69) is 11.8 Å². The zero-order chi connectivity index (χ0) is 12.9. The molecule has 0 atom stereocenters. The van der Waals surface area contributed by atoms with Gasteiger partial charge in [-0.05, 0) is 13.0 Å². The number of morpholine rings is 1. The van der Waals surface area contributed by atoms with Crippen LogP contribution >= 0.6 is 0 Å². The zero-order valence-corrected chi connectivity index (χ0v) is 13.0. The summed E-state index contributed by atoms with van der Waals surface area (Å²) in [5, 5.41) is 0. The second-order valence-corrected chi connectivity index (χ2v) is 5.64. The first-order chi connectivity index (χ1) is 8.93. The zero-order valence-electron chi connectivity index (χ0n) is 13.0. The van der Waals surface area contributed by atoms with Crippen molar-refractivity contribution >= 4 is 0 Å². The summed E-state index contributed by atoms with van der Waals surface area (Å²) in [6.45, 7) is 7.76. The van der Waals surface area contributed by atoms with Crippen LogP contribution in [-0.2, 0) is 4.74 Å². The van der Waals surface area contributed by atoms with Crippen molar-refractivity contribution in [1.82, 2.24) is 4.90 Å². The van der Waals surface area contributed by atoms with Crippen molar-refractivity contribution in [3.8, 4) is 0 Å². The summed E-state index contributed by atoms with van der Waals surface area (Å²) >= 11 is 0. The third-order valence-electron chi connectivity index (χ3n) is 3.93. The van der Waals surface area contributed by atoms with Crippen LogP contribution in [0.4, 0.5) is 0 Å². The van der Waals surface area contributed by atoms with Gasteiger partial charge in [-0.15, -0.1) is 0 Å². The van der Waals surface area contributed by atoms with Crippen molar-refractivity contribution in [3.05, 3.63) is 0 Å². The number of rotatable bonds is 11. The van der Waals surface area contributed by atoms with Gasteiger partial charge in [0.1, 0.15) is 0 Å². The maximum atomic E-state index is 5.36. The molecule has 0 aromatic rings. The standard InChI is InChI=1S/C16H33NO.H2O/c1-2-3-4-5-6-7-8-9-10-11-12-17-13-15-18-16-14-17;/h2-16H2,1H3;1H2. The smallest absolute Gasteiger partial charge is 0.0594 e. The van der Waals surface area contributed by atoms with Gasteiger partial charge >= 0.3 is 0 Å². The van der Waals surface area contributed by atoms with Gasteiger partial charge in [-0.2, -0.15) is 0 Å². The van der Waals surface area contributed by atoms with Gasteiger partial charge in [0, 0.05) is 13.1 Å². The van der Waals surface area contributed by atoms with Gasteiger partial charge in [-0.3, -0.25) is 4.90 Å². The molecule has 116 valence electrons. The molecule has 0 unspecified atom stereocenters. The van der Waals surface area contributed by atoms with Crippen LogP contribution in [0.25, 0.3) is 0 Å². The number of ether oxygens (including phenoxy) is 1. The summed E-state index contributed by atoms with van der Waals surface area (Å²) in [7, 11) is 0. The Morgan fingerprint density at radius 1 is 0.737 bits per heavy atom. The summed E-state index contributed by atoms with van der Waals surface area (Å²) in [5.41, 5.74) is 0. The monoisotopic (exact) mass is 273 g/mol. The van der Waals surface area contributed by atoms with E-state index in [1.165, 1.54) is 70.8 Å².